The van der Waals surface area contributed by atoms with E-state index in [-0.39, 0.29) is 11.9 Å². The zero-order valence-corrected chi connectivity index (χ0v) is 20.8. The lowest BCUT2D eigenvalue weighted by Crippen LogP contribution is -2.54. The molecule has 1 aliphatic heterocycles. The summed E-state index contributed by atoms with van der Waals surface area (Å²) in [6.07, 6.45) is 3.19. The monoisotopic (exact) mass is 484 g/mol. The second-order valence-electron chi connectivity index (χ2n) is 8.58. The van der Waals surface area contributed by atoms with E-state index >= 15 is 0 Å². The van der Waals surface area contributed by atoms with Gasteiger partial charge in [0.1, 0.15) is 12.4 Å². The molecule has 2 heterocycles. The summed E-state index contributed by atoms with van der Waals surface area (Å²) in [6, 6.07) is 5.30. The summed E-state index contributed by atoms with van der Waals surface area (Å²) >= 11 is 0. The van der Waals surface area contributed by atoms with Crippen molar-refractivity contribution in [1.29, 1.82) is 0 Å². The number of hydrogen-bond donors (Lipinski definition) is 1. The van der Waals surface area contributed by atoms with Gasteiger partial charge in [0.15, 0.2) is 11.5 Å². The van der Waals surface area contributed by atoms with E-state index < -0.39 is 11.8 Å². The van der Waals surface area contributed by atoms with Gasteiger partial charge < -0.3 is 29.1 Å². The van der Waals surface area contributed by atoms with Gasteiger partial charge >= 0.3 is 11.8 Å². The van der Waals surface area contributed by atoms with Crippen molar-refractivity contribution in [3.8, 4) is 11.5 Å². The number of benzene rings is 1. The molecule has 3 amide bonds. The van der Waals surface area contributed by atoms with Crippen LogP contribution in [0.15, 0.2) is 28.8 Å². The molecule has 0 aliphatic carbocycles. The summed E-state index contributed by atoms with van der Waals surface area (Å²) in [5.74, 6) is 0.472. The smallest absolute Gasteiger partial charge is 0.312 e. The summed E-state index contributed by atoms with van der Waals surface area (Å²) < 4.78 is 16.5. The standard InChI is InChI=1S/C25H32N4O6/c1-16(2)26-24(31)25(32)29-12-10-28(11-13-29)23(30)9-7-19-6-8-21(22(14-19)33-5)34-15-20-17(3)27-35-18(20)4/h6-9,14,16H,10-13,15H2,1-5H3,(H,26,31). The van der Waals surface area contributed by atoms with Crippen molar-refractivity contribution in [2.75, 3.05) is 33.3 Å². The maximum Gasteiger partial charge on any atom is 0.312 e. The lowest BCUT2D eigenvalue weighted by atomic mass is 10.1. The van der Waals surface area contributed by atoms with Crippen LogP contribution in [-0.4, -0.2) is 72.0 Å². The first-order chi connectivity index (χ1) is 16.7. The van der Waals surface area contributed by atoms with Gasteiger partial charge in [-0.05, 0) is 51.5 Å². The molecule has 1 aliphatic rings. The maximum atomic E-state index is 12.6. The van der Waals surface area contributed by atoms with Crippen LogP contribution in [0.1, 0.15) is 36.4 Å². The van der Waals surface area contributed by atoms with Crippen LogP contribution in [0, 0.1) is 13.8 Å². The molecule has 0 spiro atoms. The molecule has 10 nitrogen and oxygen atoms in total. The van der Waals surface area contributed by atoms with Gasteiger partial charge in [-0.2, -0.15) is 0 Å². The highest BCUT2D eigenvalue weighted by atomic mass is 16.5. The number of carbonyl (C=O) groups excluding carboxylic acids is 3. The van der Waals surface area contributed by atoms with Crippen LogP contribution in [0.3, 0.4) is 0 Å². The number of piperazine rings is 1. The van der Waals surface area contributed by atoms with Crippen molar-refractivity contribution in [3.05, 3.63) is 46.9 Å². The highest BCUT2D eigenvalue weighted by Crippen LogP contribution is 2.30. The molecule has 10 heteroatoms. The third-order valence-corrected chi connectivity index (χ3v) is 5.65. The largest absolute Gasteiger partial charge is 0.493 e. The zero-order valence-electron chi connectivity index (χ0n) is 20.8. The Bertz CT molecular complexity index is 1080. The van der Waals surface area contributed by atoms with Gasteiger partial charge in [-0.1, -0.05) is 11.2 Å². The van der Waals surface area contributed by atoms with Gasteiger partial charge in [0.25, 0.3) is 0 Å². The molecule has 1 N–H and O–H groups in total. The Labute approximate surface area is 204 Å². The first kappa shape index (κ1) is 25.8. The van der Waals surface area contributed by atoms with E-state index in [1.54, 1.807) is 44.1 Å². The van der Waals surface area contributed by atoms with Gasteiger partial charge in [0, 0.05) is 38.3 Å². The lowest BCUT2D eigenvalue weighted by Gasteiger charge is -2.33. The molecule has 35 heavy (non-hydrogen) atoms. The minimum absolute atomic E-state index is 0.110. The number of carbonyl (C=O) groups is 3. The molecule has 1 saturated heterocycles. The van der Waals surface area contributed by atoms with Crippen LogP contribution in [0.25, 0.3) is 6.08 Å². The Morgan fingerprint density at radius 2 is 1.80 bits per heavy atom. The number of aryl methyl sites for hydroxylation is 2. The van der Waals surface area contributed by atoms with E-state index in [9.17, 15) is 14.4 Å². The number of methoxy groups -OCH3 is 1. The number of amides is 3. The first-order valence-corrected chi connectivity index (χ1v) is 11.5. The topological polar surface area (TPSA) is 114 Å². The van der Waals surface area contributed by atoms with Crippen LogP contribution in [0.5, 0.6) is 11.5 Å². The van der Waals surface area contributed by atoms with E-state index in [4.69, 9.17) is 14.0 Å². The molecular weight excluding hydrogens is 452 g/mol. The molecule has 0 atom stereocenters. The van der Waals surface area contributed by atoms with E-state index in [0.717, 1.165) is 16.8 Å². The fraction of sp³-hybridized carbons (Fsp3) is 0.440. The van der Waals surface area contributed by atoms with E-state index in [1.165, 1.54) is 11.0 Å². The molecule has 0 bridgehead atoms. The Morgan fingerprint density at radius 1 is 1.11 bits per heavy atom. The second kappa shape index (κ2) is 11.5. The number of hydrogen-bond acceptors (Lipinski definition) is 7. The number of rotatable bonds is 7. The molecule has 0 saturated carbocycles. The maximum absolute atomic E-state index is 12.6. The van der Waals surface area contributed by atoms with Gasteiger partial charge in [0.2, 0.25) is 5.91 Å². The number of nitrogens with zero attached hydrogens (tertiary/aromatic N) is 3. The SMILES string of the molecule is COc1cc(C=CC(=O)N2CCN(C(=O)C(=O)NC(C)C)CC2)ccc1OCc1c(C)noc1C. The third-order valence-electron chi connectivity index (χ3n) is 5.65. The summed E-state index contributed by atoms with van der Waals surface area (Å²) in [4.78, 5) is 39.9. The van der Waals surface area contributed by atoms with Crippen LogP contribution in [0.4, 0.5) is 0 Å². The molecule has 0 unspecified atom stereocenters. The number of nitrogens with one attached hydrogen (secondary N) is 1. The van der Waals surface area contributed by atoms with Gasteiger partial charge in [0.05, 0.1) is 18.4 Å². The Morgan fingerprint density at radius 3 is 2.40 bits per heavy atom. The van der Waals surface area contributed by atoms with E-state index in [2.05, 4.69) is 10.5 Å². The molecule has 1 aromatic carbocycles. The summed E-state index contributed by atoms with van der Waals surface area (Å²) in [7, 11) is 1.55. The molecular formula is C25H32N4O6. The van der Waals surface area contributed by atoms with Crippen molar-refractivity contribution in [1.82, 2.24) is 20.3 Å². The summed E-state index contributed by atoms with van der Waals surface area (Å²) in [6.45, 7) is 8.95. The molecule has 0 radical (unpaired) electrons. The quantitative estimate of drug-likeness (QED) is 0.473. The molecule has 3 rings (SSSR count). The van der Waals surface area contributed by atoms with Gasteiger partial charge in [-0.15, -0.1) is 0 Å². The average molecular weight is 485 g/mol. The van der Waals surface area contributed by atoms with Gasteiger partial charge in [-0.25, -0.2) is 0 Å². The third kappa shape index (κ3) is 6.62. The highest BCUT2D eigenvalue weighted by molar-refractivity contribution is 6.35. The zero-order chi connectivity index (χ0) is 25.5. The Kier molecular flexibility index (Phi) is 8.51. The van der Waals surface area contributed by atoms with Crippen LogP contribution in [-0.2, 0) is 21.0 Å². The Balaban J connectivity index is 1.55. The second-order valence-corrected chi connectivity index (χ2v) is 8.58. The van der Waals surface area contributed by atoms with Crippen molar-refractivity contribution in [2.24, 2.45) is 0 Å². The van der Waals surface area contributed by atoms with Gasteiger partial charge in [-0.3, -0.25) is 14.4 Å². The number of aromatic nitrogens is 1. The van der Waals surface area contributed by atoms with Crippen LogP contribution >= 0.6 is 0 Å². The lowest BCUT2D eigenvalue weighted by molar-refractivity contribution is -0.148. The minimum atomic E-state index is -0.618. The predicted molar refractivity (Wildman–Crippen MR) is 129 cm³/mol. The number of ether oxygens (including phenoxy) is 2. The Hall–Kier alpha value is -3.82. The fourth-order valence-corrected chi connectivity index (χ4v) is 3.64. The molecule has 188 valence electrons. The molecule has 1 fully saturated rings. The summed E-state index contributed by atoms with van der Waals surface area (Å²) in [5, 5.41) is 6.52. The van der Waals surface area contributed by atoms with Crippen LogP contribution in [0.2, 0.25) is 0 Å². The van der Waals surface area contributed by atoms with E-state index in [1.807, 2.05) is 19.9 Å². The fourth-order valence-electron chi connectivity index (χ4n) is 3.64. The first-order valence-electron chi connectivity index (χ1n) is 11.5. The molecule has 1 aromatic heterocycles. The normalized spacial score (nSPS) is 13.9. The highest BCUT2D eigenvalue weighted by Gasteiger charge is 2.27. The van der Waals surface area contributed by atoms with Crippen molar-refractivity contribution in [2.45, 2.75) is 40.3 Å². The minimum Gasteiger partial charge on any atom is -0.493 e. The summed E-state index contributed by atoms with van der Waals surface area (Å²) in [5.41, 5.74) is 2.45. The van der Waals surface area contributed by atoms with Crippen molar-refractivity contribution < 1.29 is 28.4 Å². The average Bonchev–Trinajstić information content (AvgIpc) is 3.17. The van der Waals surface area contributed by atoms with Crippen molar-refractivity contribution in [3.63, 3.8) is 0 Å². The molecule has 2 aromatic rings. The van der Waals surface area contributed by atoms with E-state index in [0.29, 0.717) is 50.0 Å². The van der Waals surface area contributed by atoms with Crippen LogP contribution < -0.4 is 14.8 Å². The predicted octanol–water partition coefficient (Wildman–Crippen LogP) is 2.09. The van der Waals surface area contributed by atoms with Crippen molar-refractivity contribution >= 4 is 23.8 Å².